The Morgan fingerprint density at radius 2 is 1.90 bits per heavy atom. The molecule has 2 aliphatic carbocycles. The van der Waals surface area contributed by atoms with Crippen LogP contribution in [-0.2, 0) is 4.79 Å². The Morgan fingerprint density at radius 3 is 2.65 bits per heavy atom. The Labute approximate surface area is 120 Å². The van der Waals surface area contributed by atoms with E-state index in [1.807, 2.05) is 6.92 Å². The topological polar surface area (TPSA) is 60.8 Å². The number of carbonyl (C=O) groups excluding carboxylic acids is 1. The van der Waals surface area contributed by atoms with Gasteiger partial charge in [-0.3, -0.25) is 9.69 Å². The molecule has 0 unspecified atom stereocenters. The van der Waals surface area contributed by atoms with Crippen molar-refractivity contribution < 1.29 is 15.0 Å². The first-order valence-electron chi connectivity index (χ1n) is 8.11. The number of carbonyl (C=O) groups is 1. The molecule has 4 heteroatoms. The molecule has 20 heavy (non-hydrogen) atoms. The fourth-order valence-corrected chi connectivity index (χ4v) is 6.35. The van der Waals surface area contributed by atoms with Crippen LogP contribution in [0.4, 0.5) is 0 Å². The minimum Gasteiger partial charge on any atom is -0.392 e. The second-order valence-corrected chi connectivity index (χ2v) is 7.84. The number of aliphatic hydroxyl groups is 2. The SMILES string of the molecule is C[C@]1(O)C[C@H]2CC(=O)[C@]34CCCN3CCC[C@@]24[C@@H](O)C1. The third-order valence-corrected chi connectivity index (χ3v) is 6.83. The Morgan fingerprint density at radius 1 is 1.20 bits per heavy atom. The highest BCUT2D eigenvalue weighted by molar-refractivity contribution is 5.93. The van der Waals surface area contributed by atoms with Gasteiger partial charge in [-0.05, 0) is 58.0 Å². The first-order chi connectivity index (χ1) is 9.42. The average Bonchev–Trinajstić information content (AvgIpc) is 2.88. The highest BCUT2D eigenvalue weighted by Gasteiger charge is 2.73. The molecule has 112 valence electrons. The lowest BCUT2D eigenvalue weighted by atomic mass is 9.52. The van der Waals surface area contributed by atoms with Gasteiger partial charge in [-0.1, -0.05) is 0 Å². The number of piperidine rings is 1. The summed E-state index contributed by atoms with van der Waals surface area (Å²) in [5.41, 5.74) is -1.49. The third kappa shape index (κ3) is 1.31. The van der Waals surface area contributed by atoms with Crippen molar-refractivity contribution in [2.45, 2.75) is 69.1 Å². The Bertz CT molecular complexity index is 463. The highest BCUT2D eigenvalue weighted by atomic mass is 16.3. The van der Waals surface area contributed by atoms with Crippen LogP contribution in [0.3, 0.4) is 0 Å². The van der Waals surface area contributed by atoms with Crippen LogP contribution in [0.15, 0.2) is 0 Å². The van der Waals surface area contributed by atoms with Crippen molar-refractivity contribution in [2.24, 2.45) is 11.3 Å². The van der Waals surface area contributed by atoms with Gasteiger partial charge in [-0.25, -0.2) is 0 Å². The summed E-state index contributed by atoms with van der Waals surface area (Å²) < 4.78 is 0. The number of Topliss-reactive ketones (excluding diaryl/α,β-unsaturated/α-hetero) is 1. The molecule has 0 amide bonds. The van der Waals surface area contributed by atoms with Gasteiger partial charge in [-0.15, -0.1) is 0 Å². The molecule has 0 aromatic carbocycles. The molecule has 2 saturated carbocycles. The van der Waals surface area contributed by atoms with E-state index in [0.717, 1.165) is 38.8 Å². The van der Waals surface area contributed by atoms with Gasteiger partial charge in [0.2, 0.25) is 0 Å². The molecule has 0 aromatic heterocycles. The molecular formula is C16H25NO3. The van der Waals surface area contributed by atoms with Crippen molar-refractivity contribution in [3.8, 4) is 0 Å². The molecule has 4 rings (SSSR count). The number of nitrogens with zero attached hydrogens (tertiary/aromatic N) is 1. The first kappa shape index (κ1) is 13.2. The fraction of sp³-hybridized carbons (Fsp3) is 0.938. The van der Waals surface area contributed by atoms with E-state index in [1.165, 1.54) is 0 Å². The van der Waals surface area contributed by atoms with E-state index in [4.69, 9.17) is 0 Å². The van der Waals surface area contributed by atoms with Gasteiger partial charge in [0, 0.05) is 18.3 Å². The number of ketones is 1. The summed E-state index contributed by atoms with van der Waals surface area (Å²) in [6.45, 7) is 3.82. The molecule has 5 atom stereocenters. The van der Waals surface area contributed by atoms with E-state index in [1.54, 1.807) is 0 Å². The van der Waals surface area contributed by atoms with Crippen LogP contribution in [0.1, 0.15) is 51.9 Å². The van der Waals surface area contributed by atoms with Crippen LogP contribution in [0.25, 0.3) is 0 Å². The van der Waals surface area contributed by atoms with E-state index >= 15 is 0 Å². The Balaban J connectivity index is 1.85. The van der Waals surface area contributed by atoms with Crippen molar-refractivity contribution >= 4 is 5.78 Å². The van der Waals surface area contributed by atoms with Gasteiger partial charge in [0.25, 0.3) is 0 Å². The molecule has 2 heterocycles. The van der Waals surface area contributed by atoms with Gasteiger partial charge in [-0.2, -0.15) is 0 Å². The zero-order valence-electron chi connectivity index (χ0n) is 12.3. The zero-order chi connectivity index (χ0) is 14.2. The number of aliphatic hydroxyl groups excluding tert-OH is 1. The summed E-state index contributed by atoms with van der Waals surface area (Å²) in [6, 6.07) is 0. The van der Waals surface area contributed by atoms with Crippen molar-refractivity contribution in [1.82, 2.24) is 4.90 Å². The second-order valence-electron chi connectivity index (χ2n) is 7.84. The molecule has 2 N–H and O–H groups in total. The molecule has 0 bridgehead atoms. The van der Waals surface area contributed by atoms with Crippen LogP contribution in [0.5, 0.6) is 0 Å². The van der Waals surface area contributed by atoms with Gasteiger partial charge in [0.05, 0.1) is 17.2 Å². The average molecular weight is 279 g/mol. The maximum Gasteiger partial charge on any atom is 0.154 e. The van der Waals surface area contributed by atoms with E-state index in [0.29, 0.717) is 25.0 Å². The molecular weight excluding hydrogens is 254 g/mol. The number of hydrogen-bond acceptors (Lipinski definition) is 4. The third-order valence-electron chi connectivity index (χ3n) is 6.83. The minimum atomic E-state index is -0.817. The summed E-state index contributed by atoms with van der Waals surface area (Å²) in [6.07, 6.45) is 5.14. The van der Waals surface area contributed by atoms with Gasteiger partial charge in [0.1, 0.15) is 0 Å². The lowest BCUT2D eigenvalue weighted by Gasteiger charge is -2.59. The van der Waals surface area contributed by atoms with Crippen LogP contribution in [0, 0.1) is 11.3 Å². The predicted octanol–water partition coefficient (Wildman–Crippen LogP) is 1.10. The molecule has 0 aromatic rings. The van der Waals surface area contributed by atoms with Gasteiger partial charge >= 0.3 is 0 Å². The normalized spacial score (nSPS) is 55.5. The lowest BCUT2D eigenvalue weighted by Crippen LogP contribution is -2.68. The molecule has 2 aliphatic heterocycles. The molecule has 4 aliphatic rings. The molecule has 2 spiro atoms. The maximum absolute atomic E-state index is 12.9. The quantitative estimate of drug-likeness (QED) is 0.697. The minimum absolute atomic E-state index is 0.162. The molecule has 4 nitrogen and oxygen atoms in total. The van der Waals surface area contributed by atoms with E-state index in [2.05, 4.69) is 4.90 Å². The van der Waals surface area contributed by atoms with Crippen molar-refractivity contribution in [2.75, 3.05) is 13.1 Å². The van der Waals surface area contributed by atoms with E-state index < -0.39 is 17.2 Å². The Hall–Kier alpha value is -0.450. The fourth-order valence-electron chi connectivity index (χ4n) is 6.35. The molecule has 4 fully saturated rings. The molecule has 2 saturated heterocycles. The van der Waals surface area contributed by atoms with Crippen molar-refractivity contribution in [3.05, 3.63) is 0 Å². The highest BCUT2D eigenvalue weighted by Crippen LogP contribution is 2.66. The van der Waals surface area contributed by atoms with Gasteiger partial charge in [0.15, 0.2) is 5.78 Å². The Kier molecular flexibility index (Phi) is 2.54. The van der Waals surface area contributed by atoms with E-state index in [9.17, 15) is 15.0 Å². The first-order valence-corrected chi connectivity index (χ1v) is 8.11. The predicted molar refractivity (Wildman–Crippen MR) is 74.2 cm³/mol. The standard InChI is InChI=1S/C16H25NO3/c1-14(20)9-11-8-12(18)16-5-3-7-17(16)6-2-4-15(11,16)13(19)10-14/h11,13,19-20H,2-10H2,1H3/t11-,13+,14+,15+,16+/m1/s1. The van der Waals surface area contributed by atoms with Crippen LogP contribution in [-0.4, -0.2) is 51.2 Å². The van der Waals surface area contributed by atoms with Crippen LogP contribution in [0.2, 0.25) is 0 Å². The zero-order valence-corrected chi connectivity index (χ0v) is 12.3. The maximum atomic E-state index is 12.9. The smallest absolute Gasteiger partial charge is 0.154 e. The van der Waals surface area contributed by atoms with Crippen molar-refractivity contribution in [1.29, 1.82) is 0 Å². The van der Waals surface area contributed by atoms with Crippen LogP contribution < -0.4 is 0 Å². The summed E-state index contributed by atoms with van der Waals surface area (Å²) in [5, 5.41) is 21.3. The monoisotopic (exact) mass is 279 g/mol. The second kappa shape index (κ2) is 3.84. The lowest BCUT2D eigenvalue weighted by molar-refractivity contribution is -0.185. The summed E-state index contributed by atoms with van der Waals surface area (Å²) >= 11 is 0. The van der Waals surface area contributed by atoms with Crippen LogP contribution >= 0.6 is 0 Å². The van der Waals surface area contributed by atoms with Crippen molar-refractivity contribution in [3.63, 3.8) is 0 Å². The number of hydrogen-bond donors (Lipinski definition) is 2. The number of rotatable bonds is 0. The van der Waals surface area contributed by atoms with E-state index in [-0.39, 0.29) is 11.3 Å². The molecule has 0 radical (unpaired) electrons. The summed E-state index contributed by atoms with van der Waals surface area (Å²) in [7, 11) is 0. The largest absolute Gasteiger partial charge is 0.392 e. The summed E-state index contributed by atoms with van der Waals surface area (Å²) in [5.74, 6) is 0.506. The summed E-state index contributed by atoms with van der Waals surface area (Å²) in [4.78, 5) is 15.3. The van der Waals surface area contributed by atoms with Gasteiger partial charge < -0.3 is 10.2 Å².